The molecule has 0 aliphatic carbocycles. The molecule has 1 unspecified atom stereocenters. The molecule has 0 aliphatic heterocycles. The van der Waals surface area contributed by atoms with Crippen LogP contribution in [0.3, 0.4) is 0 Å². The summed E-state index contributed by atoms with van der Waals surface area (Å²) in [5.74, 6) is -0.748. The molecular formula is C15H14F4N2O3S. The van der Waals surface area contributed by atoms with Crippen molar-refractivity contribution in [1.29, 1.82) is 0 Å². The van der Waals surface area contributed by atoms with E-state index < -0.39 is 44.1 Å². The van der Waals surface area contributed by atoms with E-state index in [0.29, 0.717) is 0 Å². The molecule has 0 amide bonds. The van der Waals surface area contributed by atoms with Gasteiger partial charge >= 0.3 is 6.18 Å². The highest BCUT2D eigenvalue weighted by molar-refractivity contribution is 7.89. The summed E-state index contributed by atoms with van der Waals surface area (Å²) in [6.45, 7) is 0. The van der Waals surface area contributed by atoms with Gasteiger partial charge in [-0.1, -0.05) is 12.1 Å². The van der Waals surface area contributed by atoms with Crippen molar-refractivity contribution < 1.29 is 26.0 Å². The second-order valence-corrected chi connectivity index (χ2v) is 7.33. The Morgan fingerprint density at radius 1 is 1.12 bits per heavy atom. The first kappa shape index (κ1) is 19.1. The molecule has 0 spiro atoms. The van der Waals surface area contributed by atoms with Gasteiger partial charge in [-0.2, -0.15) is 17.5 Å². The Morgan fingerprint density at radius 2 is 1.68 bits per heavy atom. The molecule has 1 atom stereocenters. The lowest BCUT2D eigenvalue weighted by molar-refractivity contribution is -0.171. The predicted molar refractivity (Wildman–Crippen MR) is 81.8 cm³/mol. The van der Waals surface area contributed by atoms with Crippen LogP contribution in [0, 0.1) is 5.82 Å². The van der Waals surface area contributed by atoms with Crippen LogP contribution in [0.25, 0.3) is 0 Å². The molecule has 25 heavy (non-hydrogen) atoms. The number of sulfonamides is 1. The minimum absolute atomic E-state index is 0.120. The van der Waals surface area contributed by atoms with Gasteiger partial charge in [0.1, 0.15) is 11.9 Å². The van der Waals surface area contributed by atoms with Crippen LogP contribution in [-0.2, 0) is 17.1 Å². The maximum atomic E-state index is 13.5. The Hall–Kier alpha value is -2.20. The third-order valence-corrected chi connectivity index (χ3v) is 5.43. The van der Waals surface area contributed by atoms with Gasteiger partial charge in [-0.15, -0.1) is 0 Å². The molecule has 10 heteroatoms. The number of pyridine rings is 1. The van der Waals surface area contributed by atoms with Crippen molar-refractivity contribution in [3.8, 4) is 0 Å². The van der Waals surface area contributed by atoms with E-state index in [1.165, 1.54) is 7.05 Å². The van der Waals surface area contributed by atoms with E-state index in [1.54, 1.807) is 0 Å². The average Bonchev–Trinajstić information content (AvgIpc) is 2.50. The van der Waals surface area contributed by atoms with E-state index in [2.05, 4.69) is 0 Å². The maximum Gasteiger partial charge on any atom is 0.409 e. The van der Waals surface area contributed by atoms with Gasteiger partial charge < -0.3 is 4.57 Å². The number of hydrogen-bond acceptors (Lipinski definition) is 3. The minimum atomic E-state index is -4.95. The van der Waals surface area contributed by atoms with Gasteiger partial charge in [0.05, 0.1) is 4.90 Å². The molecule has 0 N–H and O–H groups in total. The summed E-state index contributed by atoms with van der Waals surface area (Å²) in [4.78, 5) is 11.0. The summed E-state index contributed by atoms with van der Waals surface area (Å²) in [6, 6.07) is 2.60. The number of halogens is 4. The highest BCUT2D eigenvalue weighted by Gasteiger charge is 2.47. The van der Waals surface area contributed by atoms with Gasteiger partial charge in [-0.25, -0.2) is 12.8 Å². The van der Waals surface area contributed by atoms with E-state index in [0.717, 1.165) is 54.2 Å². The van der Waals surface area contributed by atoms with Gasteiger partial charge in [-0.05, 0) is 23.8 Å². The lowest BCUT2D eigenvalue weighted by Gasteiger charge is -2.29. The smallest absolute Gasteiger partial charge is 0.319 e. The third-order valence-electron chi connectivity index (χ3n) is 3.61. The highest BCUT2D eigenvalue weighted by Crippen LogP contribution is 2.39. The molecule has 1 aromatic heterocycles. The number of rotatable bonds is 4. The lowest BCUT2D eigenvalue weighted by Crippen LogP contribution is -2.40. The first-order valence-electron chi connectivity index (χ1n) is 6.91. The average molecular weight is 378 g/mol. The Kier molecular flexibility index (Phi) is 5.05. The van der Waals surface area contributed by atoms with Crippen molar-refractivity contribution in [2.75, 3.05) is 7.05 Å². The number of aryl methyl sites for hydroxylation is 1. The normalized spacial score (nSPS) is 13.9. The number of nitrogens with zero attached hydrogens (tertiary/aromatic N) is 2. The molecule has 2 aromatic rings. The fourth-order valence-electron chi connectivity index (χ4n) is 2.25. The Morgan fingerprint density at radius 3 is 2.16 bits per heavy atom. The molecule has 1 heterocycles. The van der Waals surface area contributed by atoms with E-state index in [1.807, 2.05) is 0 Å². The fraction of sp³-hybridized carbons (Fsp3) is 0.267. The van der Waals surface area contributed by atoms with Crippen molar-refractivity contribution in [3.63, 3.8) is 0 Å². The topological polar surface area (TPSA) is 59.4 Å². The summed E-state index contributed by atoms with van der Waals surface area (Å²) >= 11 is 0. The van der Waals surface area contributed by atoms with Crippen LogP contribution in [0.4, 0.5) is 17.6 Å². The summed E-state index contributed by atoms with van der Waals surface area (Å²) < 4.78 is 79.7. The van der Waals surface area contributed by atoms with E-state index >= 15 is 0 Å². The first-order valence-corrected chi connectivity index (χ1v) is 8.35. The maximum absolute atomic E-state index is 13.5. The van der Waals surface area contributed by atoms with Crippen molar-refractivity contribution in [3.05, 3.63) is 64.3 Å². The minimum Gasteiger partial charge on any atom is -0.319 e. The zero-order valence-corrected chi connectivity index (χ0v) is 14.0. The van der Waals surface area contributed by atoms with Crippen LogP contribution in [-0.4, -0.2) is 30.5 Å². The van der Waals surface area contributed by atoms with Gasteiger partial charge in [0.2, 0.25) is 10.0 Å². The van der Waals surface area contributed by atoms with Crippen molar-refractivity contribution >= 4 is 10.0 Å². The molecule has 5 nitrogen and oxygen atoms in total. The number of alkyl halides is 3. The lowest BCUT2D eigenvalue weighted by atomic mass is 10.1. The Bertz CT molecular complexity index is 921. The summed E-state index contributed by atoms with van der Waals surface area (Å²) in [7, 11) is -2.48. The molecule has 0 fully saturated rings. The Labute approximate surface area is 141 Å². The van der Waals surface area contributed by atoms with Crippen molar-refractivity contribution in [1.82, 2.24) is 8.87 Å². The first-order chi connectivity index (χ1) is 11.4. The fourth-order valence-corrected chi connectivity index (χ4v) is 3.58. The number of aromatic nitrogens is 1. The van der Waals surface area contributed by atoms with Crippen LogP contribution >= 0.6 is 0 Å². The standard InChI is InChI=1S/C15H14F4N2O3S/c1-20-8-7-12(9-13(20)22)25(23,24)21(2)14(15(17,18)19)10-3-5-11(16)6-4-10/h3-9,14H,1-2H3. The quantitative estimate of drug-likeness (QED) is 0.768. The molecule has 0 saturated carbocycles. The van der Waals surface area contributed by atoms with Crippen LogP contribution in [0.15, 0.2) is 52.3 Å². The summed E-state index contributed by atoms with van der Waals surface area (Å²) in [5, 5.41) is 0. The van der Waals surface area contributed by atoms with Gasteiger partial charge in [0.15, 0.2) is 0 Å². The van der Waals surface area contributed by atoms with Crippen LogP contribution in [0.5, 0.6) is 0 Å². The zero-order valence-electron chi connectivity index (χ0n) is 13.2. The predicted octanol–water partition coefficient (Wildman–Crippen LogP) is 2.45. The molecular weight excluding hydrogens is 364 g/mol. The second-order valence-electron chi connectivity index (χ2n) is 5.33. The monoisotopic (exact) mass is 378 g/mol. The van der Waals surface area contributed by atoms with E-state index in [-0.39, 0.29) is 4.31 Å². The van der Waals surface area contributed by atoms with Crippen molar-refractivity contribution in [2.24, 2.45) is 7.05 Å². The largest absolute Gasteiger partial charge is 0.409 e. The number of benzene rings is 1. The van der Waals surface area contributed by atoms with Gasteiger partial charge in [0.25, 0.3) is 5.56 Å². The van der Waals surface area contributed by atoms with Gasteiger partial charge in [-0.3, -0.25) is 4.79 Å². The van der Waals surface area contributed by atoms with Crippen LogP contribution < -0.4 is 5.56 Å². The Balaban J connectivity index is 2.55. The second kappa shape index (κ2) is 6.60. The van der Waals surface area contributed by atoms with Crippen LogP contribution in [0.1, 0.15) is 11.6 Å². The molecule has 0 saturated heterocycles. The van der Waals surface area contributed by atoms with E-state index in [9.17, 15) is 30.8 Å². The van der Waals surface area contributed by atoms with Gasteiger partial charge in [0, 0.05) is 26.4 Å². The van der Waals surface area contributed by atoms with Crippen molar-refractivity contribution in [2.45, 2.75) is 17.1 Å². The number of hydrogen-bond donors (Lipinski definition) is 0. The molecule has 0 aliphatic rings. The SMILES string of the molecule is CN(C(c1ccc(F)cc1)C(F)(F)F)S(=O)(=O)c1ccn(C)c(=O)c1. The molecule has 1 aromatic carbocycles. The molecule has 136 valence electrons. The molecule has 0 radical (unpaired) electrons. The highest BCUT2D eigenvalue weighted by atomic mass is 32.2. The summed E-state index contributed by atoms with van der Waals surface area (Å²) in [5.41, 5.74) is -1.12. The molecule has 0 bridgehead atoms. The van der Waals surface area contributed by atoms with E-state index in [4.69, 9.17) is 0 Å². The van der Waals surface area contributed by atoms with Crippen LogP contribution in [0.2, 0.25) is 0 Å². The summed E-state index contributed by atoms with van der Waals surface area (Å²) in [6.07, 6.45) is -3.80. The third kappa shape index (κ3) is 3.90. The zero-order chi connectivity index (χ0) is 19.0. The molecule has 2 rings (SSSR count).